The molecule has 0 aliphatic carbocycles. The van der Waals surface area contributed by atoms with E-state index >= 15 is 0 Å². The quantitative estimate of drug-likeness (QED) is 0.277. The molecule has 2 amide bonds. The summed E-state index contributed by atoms with van der Waals surface area (Å²) in [5.41, 5.74) is 3.24. The van der Waals surface area contributed by atoms with Gasteiger partial charge in [-0.2, -0.15) is 0 Å². The minimum Gasteiger partial charge on any atom is -0.354 e. The van der Waals surface area contributed by atoms with Crippen molar-refractivity contribution in [3.8, 4) is 0 Å². The van der Waals surface area contributed by atoms with Gasteiger partial charge in [0.25, 0.3) is 0 Å². The summed E-state index contributed by atoms with van der Waals surface area (Å²) in [7, 11) is -3.56. The van der Waals surface area contributed by atoms with Gasteiger partial charge in [0.1, 0.15) is 6.04 Å². The Balaban J connectivity index is 1.87. The summed E-state index contributed by atoms with van der Waals surface area (Å²) < 4.78 is 26.5. The van der Waals surface area contributed by atoms with Gasteiger partial charge in [-0.3, -0.25) is 13.9 Å². The number of benzene rings is 3. The monoisotopic (exact) mass is 583 g/mol. The van der Waals surface area contributed by atoms with E-state index in [2.05, 4.69) is 5.32 Å². The van der Waals surface area contributed by atoms with Crippen molar-refractivity contribution in [1.29, 1.82) is 0 Å². The number of hydrogen-bond donors (Lipinski definition) is 1. The molecule has 0 saturated heterocycles. The second-order valence-electron chi connectivity index (χ2n) is 9.93. The van der Waals surface area contributed by atoms with Crippen LogP contribution in [0, 0.1) is 6.92 Å². The van der Waals surface area contributed by atoms with Gasteiger partial charge in [0.2, 0.25) is 21.8 Å². The maximum absolute atomic E-state index is 13.8. The molecular formula is C31H38ClN3O4S. The smallest absolute Gasteiger partial charge is 0.243 e. The van der Waals surface area contributed by atoms with Crippen molar-refractivity contribution in [1.82, 2.24) is 10.2 Å². The zero-order valence-corrected chi connectivity index (χ0v) is 24.9. The maximum Gasteiger partial charge on any atom is 0.243 e. The number of hydrogen-bond acceptors (Lipinski definition) is 4. The highest BCUT2D eigenvalue weighted by molar-refractivity contribution is 7.92. The van der Waals surface area contributed by atoms with Crippen molar-refractivity contribution in [2.75, 3.05) is 23.7 Å². The summed E-state index contributed by atoms with van der Waals surface area (Å²) in [6.07, 6.45) is 2.65. The van der Waals surface area contributed by atoms with E-state index in [4.69, 9.17) is 11.6 Å². The Hall–Kier alpha value is -3.36. The number of amides is 2. The molecule has 3 aromatic rings. The molecule has 0 radical (unpaired) electrons. The Bertz CT molecular complexity index is 1380. The molecular weight excluding hydrogens is 546 g/mol. The number of sulfonamides is 1. The molecule has 0 heterocycles. The fourth-order valence-electron chi connectivity index (χ4n) is 4.54. The van der Waals surface area contributed by atoms with Crippen molar-refractivity contribution in [2.24, 2.45) is 0 Å². The Kier molecular flexibility index (Phi) is 11.6. The predicted molar refractivity (Wildman–Crippen MR) is 162 cm³/mol. The van der Waals surface area contributed by atoms with E-state index in [1.54, 1.807) is 23.1 Å². The molecule has 0 unspecified atom stereocenters. The number of carbonyl (C=O) groups excluding carboxylic acids is 2. The van der Waals surface area contributed by atoms with Gasteiger partial charge < -0.3 is 10.2 Å². The van der Waals surface area contributed by atoms with Crippen molar-refractivity contribution < 1.29 is 18.0 Å². The third-order valence-electron chi connectivity index (χ3n) is 6.50. The highest BCUT2D eigenvalue weighted by Gasteiger charge is 2.30. The predicted octanol–water partition coefficient (Wildman–Crippen LogP) is 5.36. The molecule has 3 aromatic carbocycles. The number of nitrogens with one attached hydrogen (secondary N) is 1. The summed E-state index contributed by atoms with van der Waals surface area (Å²) in [6, 6.07) is 23.4. The molecule has 0 spiro atoms. The van der Waals surface area contributed by atoms with Crippen LogP contribution in [0.25, 0.3) is 0 Å². The van der Waals surface area contributed by atoms with Crippen LogP contribution in [0.2, 0.25) is 5.02 Å². The standard InChI is InChI=1S/C31H38ClN3O4S/c1-4-18-33-31(37)29(22-25-12-6-5-7-13-25)34(23-26-14-9-15-27(32)21-26)30(36)17-10-19-35(40(3,38)39)28-16-8-11-24(2)20-28/h5-9,11-16,20-21,29H,4,10,17-19,22-23H2,1-3H3,(H,33,37)/t29-/m1/s1. The van der Waals surface area contributed by atoms with E-state index in [9.17, 15) is 18.0 Å². The first-order chi connectivity index (χ1) is 19.1. The van der Waals surface area contributed by atoms with Gasteiger partial charge in [-0.05, 0) is 60.7 Å². The number of anilines is 1. The third kappa shape index (κ3) is 9.38. The molecule has 0 bridgehead atoms. The minimum atomic E-state index is -3.56. The Morgan fingerprint density at radius 1 is 0.950 bits per heavy atom. The summed E-state index contributed by atoms with van der Waals surface area (Å²) >= 11 is 6.23. The van der Waals surface area contributed by atoms with Crippen LogP contribution < -0.4 is 9.62 Å². The lowest BCUT2D eigenvalue weighted by Gasteiger charge is -2.32. The van der Waals surface area contributed by atoms with E-state index in [1.807, 2.05) is 74.5 Å². The molecule has 3 rings (SSSR count). The maximum atomic E-state index is 13.8. The first-order valence-electron chi connectivity index (χ1n) is 13.5. The Labute approximate surface area is 243 Å². The summed E-state index contributed by atoms with van der Waals surface area (Å²) in [5, 5.41) is 3.50. The first kappa shape index (κ1) is 31.2. The fourth-order valence-corrected chi connectivity index (χ4v) is 5.71. The highest BCUT2D eigenvalue weighted by Crippen LogP contribution is 2.22. The van der Waals surface area contributed by atoms with Gasteiger partial charge in [0.15, 0.2) is 0 Å². The van der Waals surface area contributed by atoms with Crippen LogP contribution in [-0.4, -0.2) is 50.5 Å². The van der Waals surface area contributed by atoms with Gasteiger partial charge in [-0.25, -0.2) is 8.42 Å². The number of carbonyl (C=O) groups is 2. The van der Waals surface area contributed by atoms with Crippen molar-refractivity contribution in [2.45, 2.75) is 52.1 Å². The van der Waals surface area contributed by atoms with Gasteiger partial charge in [0.05, 0.1) is 11.9 Å². The second kappa shape index (κ2) is 14.9. The summed E-state index contributed by atoms with van der Waals surface area (Å²) in [5.74, 6) is -0.455. The molecule has 1 N–H and O–H groups in total. The van der Waals surface area contributed by atoms with E-state index in [-0.39, 0.29) is 31.3 Å². The number of aryl methyl sites for hydroxylation is 1. The Morgan fingerprint density at radius 3 is 2.30 bits per heavy atom. The zero-order valence-electron chi connectivity index (χ0n) is 23.3. The lowest BCUT2D eigenvalue weighted by molar-refractivity contribution is -0.141. The average molecular weight is 584 g/mol. The molecule has 40 heavy (non-hydrogen) atoms. The van der Waals surface area contributed by atoms with Crippen molar-refractivity contribution in [3.63, 3.8) is 0 Å². The molecule has 0 saturated carbocycles. The van der Waals surface area contributed by atoms with Crippen molar-refractivity contribution >= 4 is 39.1 Å². The lowest BCUT2D eigenvalue weighted by Crippen LogP contribution is -2.50. The fraction of sp³-hybridized carbons (Fsp3) is 0.355. The SMILES string of the molecule is CCCNC(=O)[C@@H](Cc1ccccc1)N(Cc1cccc(Cl)c1)C(=O)CCCN(c1cccc(C)c1)S(C)(=O)=O. The third-order valence-corrected chi connectivity index (χ3v) is 7.93. The molecule has 214 valence electrons. The highest BCUT2D eigenvalue weighted by atomic mass is 35.5. The van der Waals surface area contributed by atoms with Crippen LogP contribution in [0.1, 0.15) is 42.9 Å². The molecule has 0 fully saturated rings. The molecule has 0 aliphatic heterocycles. The Morgan fingerprint density at radius 2 is 1.65 bits per heavy atom. The topological polar surface area (TPSA) is 86.8 Å². The van der Waals surface area contributed by atoms with E-state index in [0.717, 1.165) is 29.4 Å². The average Bonchev–Trinajstić information content (AvgIpc) is 2.91. The van der Waals surface area contributed by atoms with Gasteiger partial charge >= 0.3 is 0 Å². The van der Waals surface area contributed by atoms with Crippen LogP contribution >= 0.6 is 11.6 Å². The summed E-state index contributed by atoms with van der Waals surface area (Å²) in [6.45, 7) is 4.72. The van der Waals surface area contributed by atoms with Gasteiger partial charge in [0, 0.05) is 37.5 Å². The van der Waals surface area contributed by atoms with Gasteiger partial charge in [-0.1, -0.05) is 73.1 Å². The van der Waals surface area contributed by atoms with E-state index < -0.39 is 16.1 Å². The molecule has 9 heteroatoms. The largest absolute Gasteiger partial charge is 0.354 e. The summed E-state index contributed by atoms with van der Waals surface area (Å²) in [4.78, 5) is 28.8. The number of nitrogens with zero attached hydrogens (tertiary/aromatic N) is 2. The van der Waals surface area contributed by atoms with Gasteiger partial charge in [-0.15, -0.1) is 0 Å². The lowest BCUT2D eigenvalue weighted by atomic mass is 10.0. The molecule has 0 aliphatic rings. The zero-order chi connectivity index (χ0) is 29.1. The van der Waals surface area contributed by atoms with Crippen molar-refractivity contribution in [3.05, 3.63) is 101 Å². The van der Waals surface area contributed by atoms with E-state index in [0.29, 0.717) is 30.1 Å². The van der Waals surface area contributed by atoms with Crippen LogP contribution in [0.15, 0.2) is 78.9 Å². The van der Waals surface area contributed by atoms with Crippen LogP contribution in [0.3, 0.4) is 0 Å². The van der Waals surface area contributed by atoms with Crippen LogP contribution in [0.4, 0.5) is 5.69 Å². The minimum absolute atomic E-state index is 0.0742. The van der Waals surface area contributed by atoms with E-state index in [1.165, 1.54) is 4.31 Å². The molecule has 0 aromatic heterocycles. The molecule has 7 nitrogen and oxygen atoms in total. The normalized spacial score (nSPS) is 12.0. The first-order valence-corrected chi connectivity index (χ1v) is 15.7. The van der Waals surface area contributed by atoms with Crippen LogP contribution in [0.5, 0.6) is 0 Å². The number of halogens is 1. The molecule has 1 atom stereocenters. The number of rotatable bonds is 14. The van der Waals surface area contributed by atoms with Crippen LogP contribution in [-0.2, 0) is 32.6 Å². The second-order valence-corrected chi connectivity index (χ2v) is 12.3.